The second-order valence-electron chi connectivity index (χ2n) is 18.0. The predicted molar refractivity (Wildman–Crippen MR) is 363 cm³/mol. The minimum absolute atomic E-state index is 0. The quantitative estimate of drug-likeness (QED) is 0.0677. The van der Waals surface area contributed by atoms with Gasteiger partial charge in [-0.25, -0.2) is 0 Å². The largest absolute Gasteiger partial charge is 3.00 e. The molecular formula is C78H60FeN6P3. The van der Waals surface area contributed by atoms with Gasteiger partial charge in [-0.1, -0.05) is 218 Å². The van der Waals surface area contributed by atoms with Crippen LogP contribution in [0.15, 0.2) is 364 Å². The van der Waals surface area contributed by atoms with Crippen LogP contribution in [0.3, 0.4) is 0 Å². The zero-order valence-corrected chi connectivity index (χ0v) is 51.8. The monoisotopic (exact) mass is 1230 g/mol. The van der Waals surface area contributed by atoms with Gasteiger partial charge in [0.2, 0.25) is 0 Å². The summed E-state index contributed by atoms with van der Waals surface area (Å²) in [5, 5.41) is 54.2. The summed E-state index contributed by atoms with van der Waals surface area (Å²) < 4.78 is 0. The third-order valence-corrected chi connectivity index (χ3v) is 26.6. The molecule has 0 N–H and O–H groups in total. The van der Waals surface area contributed by atoms with Gasteiger partial charge in [0.1, 0.15) is 85.4 Å². The molecule has 0 aliphatic heterocycles. The van der Waals surface area contributed by atoms with E-state index in [1.54, 1.807) is 0 Å². The van der Waals surface area contributed by atoms with Crippen LogP contribution in [0.25, 0.3) is 0 Å². The molecule has 12 aromatic rings. The Morgan fingerprint density at radius 3 is 0.239 bits per heavy atom. The van der Waals surface area contributed by atoms with E-state index in [1.165, 1.54) is 63.7 Å². The first-order valence-corrected chi connectivity index (χ1v) is 32.3. The van der Waals surface area contributed by atoms with Crippen LogP contribution in [0.4, 0.5) is 0 Å². The number of hydrogen-bond donors (Lipinski definition) is 0. The van der Waals surface area contributed by atoms with Gasteiger partial charge in [0.15, 0.2) is 0 Å². The Kier molecular flexibility index (Phi) is 33.1. The minimum atomic E-state index is -1.91. The van der Waals surface area contributed by atoms with Crippen molar-refractivity contribution in [3.63, 3.8) is 0 Å². The van der Waals surface area contributed by atoms with E-state index in [1.807, 2.05) is 0 Å². The van der Waals surface area contributed by atoms with Gasteiger partial charge in [0.25, 0.3) is 0 Å². The zero-order chi connectivity index (χ0) is 62.9. The van der Waals surface area contributed by atoms with Crippen molar-refractivity contribution in [2.24, 2.45) is 0 Å². The van der Waals surface area contributed by atoms with E-state index in [-0.39, 0.29) is 17.1 Å². The van der Waals surface area contributed by atoms with Crippen molar-refractivity contribution in [2.45, 2.75) is 0 Å². The van der Waals surface area contributed by atoms with E-state index in [0.29, 0.717) is 0 Å². The summed E-state index contributed by atoms with van der Waals surface area (Å²) in [6, 6.07) is 131. The summed E-state index contributed by atoms with van der Waals surface area (Å²) >= 11 is 0. The molecule has 1 radical (unpaired) electrons. The first-order valence-electron chi connectivity index (χ1n) is 27.0. The average molecular weight is 1230 g/mol. The SMILES string of the molecule is [C-]#N.[C-]#N.[C-]#N.[C-]#N.[C-]#N.[C-]#N.[Fe+3].c1ccc([P+](c2ccccc2)(c2ccccc2)c2ccccc2)cc1.c1ccc([P+](c2ccccc2)(c2ccccc2)c2ccccc2)cc1.c1ccc([P+](c2ccccc2)(c2ccccc2)c2ccccc2)cc1. The van der Waals surface area contributed by atoms with Crippen LogP contribution in [0.2, 0.25) is 0 Å². The van der Waals surface area contributed by atoms with E-state index in [2.05, 4.69) is 364 Å². The smallest absolute Gasteiger partial charge is 0.512 e. The molecule has 0 saturated carbocycles. The number of hydrogen-bond acceptors (Lipinski definition) is 6. The van der Waals surface area contributed by atoms with Crippen LogP contribution >= 0.6 is 21.8 Å². The molecule has 0 aromatic heterocycles. The van der Waals surface area contributed by atoms with Crippen LogP contribution in [0.5, 0.6) is 0 Å². The molecule has 0 amide bonds. The Bertz CT molecular complexity index is 2950. The van der Waals surface area contributed by atoms with Crippen LogP contribution in [0, 0.1) is 71.0 Å². The molecule has 10 heteroatoms. The summed E-state index contributed by atoms with van der Waals surface area (Å²) in [5.74, 6) is 0. The maximum atomic E-state index is 6.25. The van der Waals surface area contributed by atoms with Crippen molar-refractivity contribution in [1.29, 1.82) is 31.6 Å². The molecule has 0 unspecified atom stereocenters. The van der Waals surface area contributed by atoms with E-state index < -0.39 is 21.8 Å². The molecule has 12 rings (SSSR count). The van der Waals surface area contributed by atoms with Gasteiger partial charge >= 0.3 is 17.1 Å². The Hall–Kier alpha value is -10.6. The molecule has 88 heavy (non-hydrogen) atoms. The Morgan fingerprint density at radius 1 is 0.125 bits per heavy atom. The second kappa shape index (κ2) is 40.6. The van der Waals surface area contributed by atoms with Crippen molar-refractivity contribution in [2.75, 3.05) is 0 Å². The molecule has 0 saturated heterocycles. The van der Waals surface area contributed by atoms with Gasteiger partial charge in [-0.2, -0.15) is 0 Å². The molecule has 12 aromatic carbocycles. The first kappa shape index (κ1) is 71.7. The number of nitrogens with zero attached hydrogens (tertiary/aromatic N) is 6. The minimum Gasteiger partial charge on any atom is -0.512 e. The predicted octanol–water partition coefficient (Wildman–Crippen LogP) is 13.5. The molecule has 0 atom stereocenters. The summed E-state index contributed by atoms with van der Waals surface area (Å²) in [6.45, 7) is 28.5. The fourth-order valence-corrected chi connectivity index (χ4v) is 23.3. The van der Waals surface area contributed by atoms with E-state index in [0.717, 1.165) is 0 Å². The Labute approximate surface area is 534 Å². The van der Waals surface area contributed by atoms with Gasteiger partial charge < -0.3 is 71.0 Å². The van der Waals surface area contributed by atoms with Gasteiger partial charge in [-0.05, 0) is 146 Å². The van der Waals surface area contributed by atoms with Gasteiger partial charge in [-0.3, -0.25) is 0 Å². The van der Waals surface area contributed by atoms with Crippen LogP contribution in [-0.4, -0.2) is 0 Å². The first-order chi connectivity index (χ1) is 43.3. The third kappa shape index (κ3) is 16.8. The van der Waals surface area contributed by atoms with Crippen molar-refractivity contribution in [3.05, 3.63) is 403 Å². The van der Waals surface area contributed by atoms with Crippen molar-refractivity contribution < 1.29 is 17.1 Å². The van der Waals surface area contributed by atoms with E-state index in [4.69, 9.17) is 71.0 Å². The molecule has 0 spiro atoms. The normalized spacial score (nSPS) is 9.68. The van der Waals surface area contributed by atoms with Crippen molar-refractivity contribution >= 4 is 85.4 Å². The summed E-state index contributed by atoms with van der Waals surface area (Å²) in [7, 11) is -5.72. The van der Waals surface area contributed by atoms with Crippen LogP contribution < -0.4 is 63.7 Å². The topological polar surface area (TPSA) is 143 Å². The Morgan fingerprint density at radius 2 is 0.182 bits per heavy atom. The summed E-state index contributed by atoms with van der Waals surface area (Å²) in [5.41, 5.74) is 0. The number of rotatable bonds is 12. The Balaban J connectivity index is 0.000000316. The van der Waals surface area contributed by atoms with Crippen LogP contribution in [0.1, 0.15) is 0 Å². The average Bonchev–Trinajstić information content (AvgIpc) is 0.838. The maximum Gasteiger partial charge on any atom is 3.00 e. The summed E-state index contributed by atoms with van der Waals surface area (Å²) in [4.78, 5) is 0. The standard InChI is InChI=1S/3C24H20P.6CN.Fe/c3*1-5-13-21(14-6-1)25(22-15-7-2-8-16-22,23-17-9-3-10-18-23)24-19-11-4-12-20-24;6*1-2;/h3*1-20H;;;;;;;/q3*+1;6*-1;+3. The van der Waals surface area contributed by atoms with Crippen molar-refractivity contribution in [3.8, 4) is 0 Å². The third-order valence-electron chi connectivity index (χ3n) is 13.7. The molecular weight excluding hydrogens is 1170 g/mol. The summed E-state index contributed by atoms with van der Waals surface area (Å²) in [6.07, 6.45) is 0. The van der Waals surface area contributed by atoms with Gasteiger partial charge in [0.05, 0.1) is 0 Å². The molecule has 0 aliphatic rings. The van der Waals surface area contributed by atoms with E-state index in [9.17, 15) is 0 Å². The zero-order valence-electron chi connectivity index (χ0n) is 48.0. The molecule has 0 aliphatic carbocycles. The molecule has 0 heterocycles. The van der Waals surface area contributed by atoms with Gasteiger partial charge in [-0.15, -0.1) is 0 Å². The fraction of sp³-hybridized carbons (Fsp3) is 0. The molecule has 425 valence electrons. The second-order valence-corrected chi connectivity index (χ2v) is 28.3. The van der Waals surface area contributed by atoms with Crippen molar-refractivity contribution in [1.82, 2.24) is 0 Å². The fourth-order valence-electron chi connectivity index (χ4n) is 10.5. The van der Waals surface area contributed by atoms with E-state index >= 15 is 0 Å². The molecule has 0 fully saturated rings. The van der Waals surface area contributed by atoms with Gasteiger partial charge in [0, 0.05) is 0 Å². The maximum absolute atomic E-state index is 6.25. The molecule has 0 bridgehead atoms. The molecule has 6 nitrogen and oxygen atoms in total. The number of benzene rings is 12. The van der Waals surface area contributed by atoms with Crippen LogP contribution in [-0.2, 0) is 17.1 Å².